The first kappa shape index (κ1) is 18.6. The molecule has 0 aliphatic heterocycles. The molecule has 1 fully saturated rings. The average Bonchev–Trinajstić information content (AvgIpc) is 3.44. The fraction of sp³-hybridized carbons (Fsp3) is 0.632. The van der Waals surface area contributed by atoms with Gasteiger partial charge in [0.15, 0.2) is 5.96 Å². The molecule has 0 bridgehead atoms. The van der Waals surface area contributed by atoms with E-state index in [4.69, 9.17) is 9.47 Å². The van der Waals surface area contributed by atoms with E-state index in [0.717, 1.165) is 63.2 Å². The molecule has 1 aliphatic carbocycles. The van der Waals surface area contributed by atoms with Crippen molar-refractivity contribution in [3.8, 4) is 5.75 Å². The van der Waals surface area contributed by atoms with Crippen LogP contribution in [-0.4, -0.2) is 46.4 Å². The van der Waals surface area contributed by atoms with Gasteiger partial charge in [0, 0.05) is 33.4 Å². The van der Waals surface area contributed by atoms with Gasteiger partial charge in [-0.15, -0.1) is 0 Å². The molecule has 134 valence electrons. The molecule has 0 spiro atoms. The van der Waals surface area contributed by atoms with E-state index in [9.17, 15) is 0 Å². The zero-order chi connectivity index (χ0) is 17.0. The molecule has 0 radical (unpaired) electrons. The monoisotopic (exact) mass is 333 g/mol. The molecule has 0 atom stereocenters. The van der Waals surface area contributed by atoms with Gasteiger partial charge in [-0.3, -0.25) is 4.99 Å². The number of nitrogens with one attached hydrogen (secondary N) is 2. The minimum Gasteiger partial charge on any atom is -0.497 e. The quantitative estimate of drug-likeness (QED) is 0.371. The highest BCUT2D eigenvalue weighted by Crippen LogP contribution is 2.28. The molecule has 1 saturated carbocycles. The Morgan fingerprint density at radius 1 is 1.12 bits per heavy atom. The van der Waals surface area contributed by atoms with Crippen LogP contribution in [0.4, 0.5) is 0 Å². The van der Waals surface area contributed by atoms with E-state index in [2.05, 4.69) is 27.8 Å². The maximum Gasteiger partial charge on any atom is 0.190 e. The third kappa shape index (κ3) is 7.68. The number of methoxy groups -OCH3 is 1. The topological polar surface area (TPSA) is 54.9 Å². The Balaban J connectivity index is 1.49. The SMILES string of the molecule is CN=C(NCCCOCC1CC1)NCCCc1ccc(OC)cc1. The largest absolute Gasteiger partial charge is 0.497 e. The first-order chi connectivity index (χ1) is 11.8. The van der Waals surface area contributed by atoms with E-state index in [1.165, 1.54) is 18.4 Å². The lowest BCUT2D eigenvalue weighted by molar-refractivity contribution is 0.123. The average molecular weight is 333 g/mol. The summed E-state index contributed by atoms with van der Waals surface area (Å²) in [6.07, 6.45) is 5.83. The summed E-state index contributed by atoms with van der Waals surface area (Å²) >= 11 is 0. The maximum absolute atomic E-state index is 5.63. The number of aliphatic imine (C=N–C) groups is 1. The van der Waals surface area contributed by atoms with Crippen molar-refractivity contribution in [2.24, 2.45) is 10.9 Å². The van der Waals surface area contributed by atoms with Crippen molar-refractivity contribution in [3.05, 3.63) is 29.8 Å². The molecule has 2 rings (SSSR count). The van der Waals surface area contributed by atoms with Gasteiger partial charge >= 0.3 is 0 Å². The Bertz CT molecular complexity index is 484. The second kappa shape index (κ2) is 10.9. The van der Waals surface area contributed by atoms with Crippen LogP contribution in [0.2, 0.25) is 0 Å². The molecule has 0 unspecified atom stereocenters. The van der Waals surface area contributed by atoms with Gasteiger partial charge in [-0.1, -0.05) is 12.1 Å². The number of benzene rings is 1. The highest BCUT2D eigenvalue weighted by Gasteiger charge is 2.20. The predicted octanol–water partition coefficient (Wildman–Crippen LogP) is 2.61. The first-order valence-electron chi connectivity index (χ1n) is 8.97. The number of ether oxygens (including phenoxy) is 2. The molecule has 0 aromatic heterocycles. The van der Waals surface area contributed by atoms with Gasteiger partial charge in [0.05, 0.1) is 7.11 Å². The Morgan fingerprint density at radius 2 is 1.83 bits per heavy atom. The normalized spacial score (nSPS) is 14.5. The van der Waals surface area contributed by atoms with Crippen molar-refractivity contribution in [1.82, 2.24) is 10.6 Å². The highest BCUT2D eigenvalue weighted by atomic mass is 16.5. The summed E-state index contributed by atoms with van der Waals surface area (Å²) in [5, 5.41) is 6.68. The Morgan fingerprint density at radius 3 is 2.46 bits per heavy atom. The summed E-state index contributed by atoms with van der Waals surface area (Å²) in [5.74, 6) is 2.62. The van der Waals surface area contributed by atoms with Gasteiger partial charge in [0.1, 0.15) is 5.75 Å². The van der Waals surface area contributed by atoms with E-state index < -0.39 is 0 Å². The van der Waals surface area contributed by atoms with Crippen LogP contribution in [0.5, 0.6) is 5.75 Å². The molecule has 0 saturated heterocycles. The van der Waals surface area contributed by atoms with E-state index in [0.29, 0.717) is 0 Å². The van der Waals surface area contributed by atoms with Crippen molar-refractivity contribution >= 4 is 5.96 Å². The van der Waals surface area contributed by atoms with Crippen LogP contribution in [0.15, 0.2) is 29.3 Å². The first-order valence-corrected chi connectivity index (χ1v) is 8.97. The van der Waals surface area contributed by atoms with Crippen molar-refractivity contribution in [1.29, 1.82) is 0 Å². The summed E-state index contributed by atoms with van der Waals surface area (Å²) in [6, 6.07) is 8.25. The summed E-state index contributed by atoms with van der Waals surface area (Å²) in [4.78, 5) is 4.25. The number of aryl methyl sites for hydroxylation is 1. The highest BCUT2D eigenvalue weighted by molar-refractivity contribution is 5.79. The third-order valence-corrected chi connectivity index (χ3v) is 4.13. The van der Waals surface area contributed by atoms with Crippen LogP contribution < -0.4 is 15.4 Å². The lowest BCUT2D eigenvalue weighted by Crippen LogP contribution is -2.38. The molecule has 24 heavy (non-hydrogen) atoms. The minimum atomic E-state index is 0.831. The molecule has 0 amide bonds. The maximum atomic E-state index is 5.63. The molecule has 5 heteroatoms. The number of rotatable bonds is 11. The fourth-order valence-corrected chi connectivity index (χ4v) is 2.43. The summed E-state index contributed by atoms with van der Waals surface area (Å²) < 4.78 is 10.8. The second-order valence-corrected chi connectivity index (χ2v) is 6.25. The van der Waals surface area contributed by atoms with Crippen molar-refractivity contribution in [3.63, 3.8) is 0 Å². The van der Waals surface area contributed by atoms with Crippen molar-refractivity contribution in [2.45, 2.75) is 32.1 Å². The minimum absolute atomic E-state index is 0.831. The van der Waals surface area contributed by atoms with Crippen LogP contribution in [0.1, 0.15) is 31.2 Å². The van der Waals surface area contributed by atoms with E-state index in [1.807, 2.05) is 19.2 Å². The zero-order valence-electron chi connectivity index (χ0n) is 15.0. The predicted molar refractivity (Wildman–Crippen MR) is 98.8 cm³/mol. The molecule has 2 N–H and O–H groups in total. The number of guanidine groups is 1. The Labute approximate surface area is 145 Å². The lowest BCUT2D eigenvalue weighted by atomic mass is 10.1. The molecule has 0 heterocycles. The molecule has 1 aromatic rings. The smallest absolute Gasteiger partial charge is 0.190 e. The Hall–Kier alpha value is -1.75. The lowest BCUT2D eigenvalue weighted by Gasteiger charge is -2.12. The molecule has 1 aromatic carbocycles. The van der Waals surface area contributed by atoms with Crippen LogP contribution in [0, 0.1) is 5.92 Å². The Kier molecular flexibility index (Phi) is 8.46. The fourth-order valence-electron chi connectivity index (χ4n) is 2.43. The zero-order valence-corrected chi connectivity index (χ0v) is 15.0. The molecule has 5 nitrogen and oxygen atoms in total. The summed E-state index contributed by atoms with van der Waals surface area (Å²) in [5.41, 5.74) is 1.33. The van der Waals surface area contributed by atoms with Gasteiger partial charge < -0.3 is 20.1 Å². The molecular formula is C19H31N3O2. The molecule has 1 aliphatic rings. The van der Waals surface area contributed by atoms with Crippen LogP contribution >= 0.6 is 0 Å². The van der Waals surface area contributed by atoms with Gasteiger partial charge in [-0.2, -0.15) is 0 Å². The van der Waals surface area contributed by atoms with Crippen molar-refractivity contribution < 1.29 is 9.47 Å². The number of hydrogen-bond donors (Lipinski definition) is 2. The van der Waals surface area contributed by atoms with Crippen LogP contribution in [0.3, 0.4) is 0 Å². The van der Waals surface area contributed by atoms with Crippen LogP contribution in [-0.2, 0) is 11.2 Å². The standard InChI is InChI=1S/C19H31N3O2/c1-20-19(22-13-4-14-24-15-17-6-7-17)21-12-3-5-16-8-10-18(23-2)11-9-16/h8-11,17H,3-7,12-15H2,1-2H3,(H2,20,21,22). The van der Waals surface area contributed by atoms with Gasteiger partial charge in [0.2, 0.25) is 0 Å². The van der Waals surface area contributed by atoms with E-state index >= 15 is 0 Å². The number of nitrogens with zero attached hydrogens (tertiary/aromatic N) is 1. The van der Waals surface area contributed by atoms with Crippen molar-refractivity contribution in [2.75, 3.05) is 40.5 Å². The molecular weight excluding hydrogens is 302 g/mol. The van der Waals surface area contributed by atoms with E-state index in [1.54, 1.807) is 7.11 Å². The summed E-state index contributed by atoms with van der Waals surface area (Å²) in [7, 11) is 3.50. The van der Waals surface area contributed by atoms with E-state index in [-0.39, 0.29) is 0 Å². The number of hydrogen-bond acceptors (Lipinski definition) is 3. The summed E-state index contributed by atoms with van der Waals surface area (Å²) in [6.45, 7) is 3.57. The van der Waals surface area contributed by atoms with Crippen LogP contribution in [0.25, 0.3) is 0 Å². The van der Waals surface area contributed by atoms with Gasteiger partial charge in [-0.05, 0) is 55.7 Å². The third-order valence-electron chi connectivity index (χ3n) is 4.13. The van der Waals surface area contributed by atoms with Gasteiger partial charge in [-0.25, -0.2) is 0 Å². The van der Waals surface area contributed by atoms with Gasteiger partial charge in [0.25, 0.3) is 0 Å². The second-order valence-electron chi connectivity index (χ2n) is 6.25.